The third kappa shape index (κ3) is 3.68. The molecule has 1 atom stereocenters. The number of rotatable bonds is 5. The Morgan fingerprint density at radius 3 is 2.33 bits per heavy atom. The molecule has 0 saturated carbocycles. The zero-order chi connectivity index (χ0) is 15.4. The zero-order valence-electron chi connectivity index (χ0n) is 12.8. The van der Waals surface area contributed by atoms with Crippen LogP contribution in [0.4, 0.5) is 16.0 Å². The summed E-state index contributed by atoms with van der Waals surface area (Å²) >= 11 is 0. The Balaban J connectivity index is 2.26. The van der Waals surface area contributed by atoms with Crippen molar-refractivity contribution in [3.63, 3.8) is 0 Å². The van der Waals surface area contributed by atoms with Crippen molar-refractivity contribution in [1.29, 1.82) is 0 Å². The van der Waals surface area contributed by atoms with Crippen molar-refractivity contribution in [1.82, 2.24) is 9.97 Å². The van der Waals surface area contributed by atoms with E-state index < -0.39 is 0 Å². The maximum atomic E-state index is 13.8. The Morgan fingerprint density at radius 1 is 1.05 bits per heavy atom. The van der Waals surface area contributed by atoms with Gasteiger partial charge >= 0.3 is 0 Å². The summed E-state index contributed by atoms with van der Waals surface area (Å²) in [4.78, 5) is 8.90. The summed E-state index contributed by atoms with van der Waals surface area (Å²) < 4.78 is 13.8. The smallest absolute Gasteiger partial charge is 0.135 e. The van der Waals surface area contributed by atoms with Crippen LogP contribution in [0.2, 0.25) is 0 Å². The fourth-order valence-corrected chi connectivity index (χ4v) is 2.05. The Bertz CT molecular complexity index is 613. The molecular formula is C16H21FN4. The fraction of sp³-hybridized carbons (Fsp3) is 0.375. The molecule has 0 saturated heterocycles. The molecule has 0 radical (unpaired) electrons. The van der Waals surface area contributed by atoms with Crippen LogP contribution < -0.4 is 10.6 Å². The molecule has 0 amide bonds. The number of hydrogen-bond donors (Lipinski definition) is 2. The van der Waals surface area contributed by atoms with Gasteiger partial charge in [0.2, 0.25) is 0 Å². The van der Waals surface area contributed by atoms with Gasteiger partial charge < -0.3 is 10.6 Å². The van der Waals surface area contributed by atoms with Gasteiger partial charge in [0.1, 0.15) is 23.3 Å². The maximum absolute atomic E-state index is 13.8. The van der Waals surface area contributed by atoms with Gasteiger partial charge in [-0.1, -0.05) is 32.0 Å². The Kier molecular flexibility index (Phi) is 4.73. The lowest BCUT2D eigenvalue weighted by atomic mass is 10.1. The molecule has 2 N–H and O–H groups in total. The normalized spacial score (nSPS) is 12.3. The summed E-state index contributed by atoms with van der Waals surface area (Å²) in [5.41, 5.74) is 0.619. The van der Waals surface area contributed by atoms with Crippen molar-refractivity contribution in [3.05, 3.63) is 47.5 Å². The van der Waals surface area contributed by atoms with Crippen molar-refractivity contribution in [3.8, 4) is 0 Å². The van der Waals surface area contributed by atoms with Crippen LogP contribution in [0.5, 0.6) is 0 Å². The van der Waals surface area contributed by atoms with Crippen LogP contribution in [0.3, 0.4) is 0 Å². The molecule has 2 rings (SSSR count). The van der Waals surface area contributed by atoms with E-state index in [-0.39, 0.29) is 17.8 Å². The van der Waals surface area contributed by atoms with Crippen molar-refractivity contribution in [2.75, 3.05) is 17.7 Å². The molecule has 2 aromatic rings. The summed E-state index contributed by atoms with van der Waals surface area (Å²) in [5, 5.41) is 6.26. The van der Waals surface area contributed by atoms with Crippen LogP contribution in [-0.4, -0.2) is 17.0 Å². The molecule has 112 valence electrons. The molecule has 5 heteroatoms. The number of nitrogens with zero attached hydrogens (tertiary/aromatic N) is 2. The number of benzene rings is 1. The first-order valence-electron chi connectivity index (χ1n) is 7.09. The summed E-state index contributed by atoms with van der Waals surface area (Å²) in [7, 11) is 1.82. The molecule has 0 bridgehead atoms. The Labute approximate surface area is 124 Å². The van der Waals surface area contributed by atoms with Gasteiger partial charge in [-0.15, -0.1) is 0 Å². The largest absolute Gasteiger partial charge is 0.373 e. The first kappa shape index (κ1) is 15.2. The lowest BCUT2D eigenvalue weighted by Gasteiger charge is -2.17. The van der Waals surface area contributed by atoms with Gasteiger partial charge in [-0.05, 0) is 13.0 Å². The van der Waals surface area contributed by atoms with Crippen molar-refractivity contribution < 1.29 is 4.39 Å². The van der Waals surface area contributed by atoms with Crippen molar-refractivity contribution in [2.45, 2.75) is 32.7 Å². The van der Waals surface area contributed by atoms with E-state index in [1.165, 1.54) is 6.07 Å². The minimum Gasteiger partial charge on any atom is -0.373 e. The molecule has 0 spiro atoms. The molecule has 1 unspecified atom stereocenters. The molecule has 1 heterocycles. The molecular weight excluding hydrogens is 267 g/mol. The Morgan fingerprint density at radius 2 is 1.71 bits per heavy atom. The number of aromatic nitrogens is 2. The van der Waals surface area contributed by atoms with Gasteiger partial charge in [-0.3, -0.25) is 0 Å². The zero-order valence-corrected chi connectivity index (χ0v) is 12.8. The fourth-order valence-electron chi connectivity index (χ4n) is 2.05. The van der Waals surface area contributed by atoms with Crippen LogP contribution in [0.25, 0.3) is 0 Å². The van der Waals surface area contributed by atoms with E-state index in [0.29, 0.717) is 11.4 Å². The van der Waals surface area contributed by atoms with Crippen LogP contribution in [-0.2, 0) is 0 Å². The van der Waals surface area contributed by atoms with E-state index in [1.54, 1.807) is 12.1 Å². The van der Waals surface area contributed by atoms with E-state index >= 15 is 0 Å². The summed E-state index contributed by atoms with van der Waals surface area (Å²) in [6, 6.07) is 8.40. The minimum atomic E-state index is -0.218. The van der Waals surface area contributed by atoms with E-state index in [4.69, 9.17) is 0 Å². The third-order valence-electron chi connectivity index (χ3n) is 3.25. The van der Waals surface area contributed by atoms with Crippen molar-refractivity contribution in [2.24, 2.45) is 0 Å². The standard InChI is InChI=1S/C16H21FN4/c1-10(2)16-20-14(18-4)9-15(21-16)19-11(3)12-7-5-6-8-13(12)17/h5-11H,1-4H3,(H2,18,19,20,21). The molecule has 0 fully saturated rings. The average Bonchev–Trinajstić information content (AvgIpc) is 2.47. The quantitative estimate of drug-likeness (QED) is 0.874. The van der Waals surface area contributed by atoms with Crippen LogP contribution >= 0.6 is 0 Å². The number of nitrogens with one attached hydrogen (secondary N) is 2. The van der Waals surface area contributed by atoms with Gasteiger partial charge in [0.05, 0.1) is 6.04 Å². The maximum Gasteiger partial charge on any atom is 0.135 e. The third-order valence-corrected chi connectivity index (χ3v) is 3.25. The van der Waals surface area contributed by atoms with Gasteiger partial charge in [-0.25, -0.2) is 14.4 Å². The van der Waals surface area contributed by atoms with Gasteiger partial charge in [0.25, 0.3) is 0 Å². The van der Waals surface area contributed by atoms with Crippen LogP contribution in [0.1, 0.15) is 44.1 Å². The molecule has 1 aromatic carbocycles. The SMILES string of the molecule is CNc1cc(NC(C)c2ccccc2F)nc(C(C)C)n1. The molecule has 0 aliphatic carbocycles. The van der Waals surface area contributed by atoms with E-state index in [0.717, 1.165) is 11.6 Å². The predicted molar refractivity (Wildman–Crippen MR) is 84.1 cm³/mol. The highest BCUT2D eigenvalue weighted by Crippen LogP contribution is 2.23. The van der Waals surface area contributed by atoms with E-state index in [1.807, 2.05) is 40.0 Å². The Hall–Kier alpha value is -2.17. The number of anilines is 2. The highest BCUT2D eigenvalue weighted by Gasteiger charge is 2.13. The summed E-state index contributed by atoms with van der Waals surface area (Å²) in [5.74, 6) is 2.20. The van der Waals surface area contributed by atoms with E-state index in [9.17, 15) is 4.39 Å². The topological polar surface area (TPSA) is 49.8 Å². The highest BCUT2D eigenvalue weighted by molar-refractivity contribution is 5.48. The first-order chi connectivity index (χ1) is 10.0. The van der Waals surface area contributed by atoms with Crippen LogP contribution in [0.15, 0.2) is 30.3 Å². The van der Waals surface area contributed by atoms with Gasteiger partial charge in [-0.2, -0.15) is 0 Å². The van der Waals surface area contributed by atoms with Crippen molar-refractivity contribution >= 4 is 11.6 Å². The second kappa shape index (κ2) is 6.52. The lowest BCUT2D eigenvalue weighted by Crippen LogP contribution is -2.12. The first-order valence-corrected chi connectivity index (χ1v) is 7.09. The molecule has 0 aliphatic heterocycles. The molecule has 4 nitrogen and oxygen atoms in total. The molecule has 1 aromatic heterocycles. The predicted octanol–water partition coefficient (Wildman–Crippen LogP) is 3.95. The van der Waals surface area contributed by atoms with Crippen LogP contribution in [0, 0.1) is 5.82 Å². The summed E-state index contributed by atoms with van der Waals surface area (Å²) in [6.07, 6.45) is 0. The number of halogens is 1. The van der Waals surface area contributed by atoms with Gasteiger partial charge in [0, 0.05) is 24.6 Å². The lowest BCUT2D eigenvalue weighted by molar-refractivity contribution is 0.600. The van der Waals surface area contributed by atoms with E-state index in [2.05, 4.69) is 20.6 Å². The summed E-state index contributed by atoms with van der Waals surface area (Å²) in [6.45, 7) is 5.99. The molecule has 0 aliphatic rings. The molecule has 21 heavy (non-hydrogen) atoms. The minimum absolute atomic E-state index is 0.175. The second-order valence-electron chi connectivity index (χ2n) is 5.29. The monoisotopic (exact) mass is 288 g/mol. The number of hydrogen-bond acceptors (Lipinski definition) is 4. The average molecular weight is 288 g/mol. The second-order valence-corrected chi connectivity index (χ2v) is 5.29. The van der Waals surface area contributed by atoms with Gasteiger partial charge in [0.15, 0.2) is 0 Å². The highest BCUT2D eigenvalue weighted by atomic mass is 19.1.